The van der Waals surface area contributed by atoms with Gasteiger partial charge in [0.05, 0.1) is 17.8 Å². The van der Waals surface area contributed by atoms with Gasteiger partial charge in [0, 0.05) is 20.8 Å². The van der Waals surface area contributed by atoms with Crippen molar-refractivity contribution in [3.8, 4) is 0 Å². The van der Waals surface area contributed by atoms with E-state index in [0.29, 0.717) is 0 Å². The molecule has 1 saturated heterocycles. The summed E-state index contributed by atoms with van der Waals surface area (Å²) >= 11 is 0. The maximum Gasteiger partial charge on any atom is 0.471 e. The van der Waals surface area contributed by atoms with Gasteiger partial charge < -0.3 is 24.3 Å². The van der Waals surface area contributed by atoms with E-state index in [2.05, 4.69) is 10.3 Å². The van der Waals surface area contributed by atoms with Crippen LogP contribution in [0.5, 0.6) is 0 Å². The molecule has 0 saturated carbocycles. The zero-order chi connectivity index (χ0) is 25.2. The molecule has 1 aliphatic rings. The maximum absolute atomic E-state index is 12.7. The predicted molar refractivity (Wildman–Crippen MR) is 104 cm³/mol. The number of nitrogens with zero attached hydrogens (tertiary/aromatic N) is 3. The van der Waals surface area contributed by atoms with E-state index in [4.69, 9.17) is 18.9 Å². The van der Waals surface area contributed by atoms with Gasteiger partial charge >= 0.3 is 30.0 Å². The lowest BCUT2D eigenvalue weighted by atomic mass is 10.0. The summed E-state index contributed by atoms with van der Waals surface area (Å²) in [6.45, 7) is 3.01. The number of alkyl halides is 3. The van der Waals surface area contributed by atoms with Crippen molar-refractivity contribution in [1.29, 1.82) is 0 Å². The first kappa shape index (κ1) is 24.9. The van der Waals surface area contributed by atoms with Crippen LogP contribution in [0.1, 0.15) is 27.0 Å². The summed E-state index contributed by atoms with van der Waals surface area (Å²) in [6, 6.07) is 3.95. The molecular formula is C19H19F3N4O8. The van der Waals surface area contributed by atoms with Crippen LogP contribution >= 0.6 is 0 Å². The summed E-state index contributed by atoms with van der Waals surface area (Å²) < 4.78 is 60.5. The van der Waals surface area contributed by atoms with Crippen LogP contribution in [0.4, 0.5) is 18.9 Å². The lowest BCUT2D eigenvalue weighted by Gasteiger charge is -2.40. The molecule has 0 aliphatic carbocycles. The minimum Gasteiger partial charge on any atom is -0.456 e. The number of fused-ring (bicyclic) bond motifs is 1. The fraction of sp³-hybridized carbons (Fsp3) is 0.474. The van der Waals surface area contributed by atoms with Crippen LogP contribution in [0.2, 0.25) is 0 Å². The molecule has 1 aromatic heterocycles. The third-order valence-corrected chi connectivity index (χ3v) is 4.57. The first-order valence-corrected chi connectivity index (χ1v) is 9.73. The molecule has 1 unspecified atom stereocenters. The smallest absolute Gasteiger partial charge is 0.456 e. The lowest BCUT2D eigenvalue weighted by Crippen LogP contribution is -2.55. The van der Waals surface area contributed by atoms with Crippen LogP contribution in [0.25, 0.3) is 11.0 Å². The minimum atomic E-state index is -5.13. The molecule has 1 aromatic carbocycles. The topological polar surface area (TPSA) is 148 Å². The Morgan fingerprint density at radius 3 is 2.24 bits per heavy atom. The van der Waals surface area contributed by atoms with Crippen LogP contribution < -0.4 is 5.32 Å². The number of benzene rings is 1. The summed E-state index contributed by atoms with van der Waals surface area (Å²) in [5.41, 5.74) is -0.286. The van der Waals surface area contributed by atoms with Crippen LogP contribution in [-0.2, 0) is 38.1 Å². The molecule has 2 aromatic rings. The second-order valence-corrected chi connectivity index (χ2v) is 7.18. The summed E-state index contributed by atoms with van der Waals surface area (Å²) in [5, 5.41) is 9.40. The van der Waals surface area contributed by atoms with Gasteiger partial charge in [-0.3, -0.25) is 19.2 Å². The molecule has 0 bridgehead atoms. The van der Waals surface area contributed by atoms with E-state index in [1.54, 1.807) is 5.32 Å². The number of ether oxygens (including phenoxy) is 4. The Labute approximate surface area is 189 Å². The van der Waals surface area contributed by atoms with E-state index in [1.165, 1.54) is 18.2 Å². The van der Waals surface area contributed by atoms with Gasteiger partial charge in [0.25, 0.3) is 0 Å². The Balaban J connectivity index is 2.02. The zero-order valence-electron chi connectivity index (χ0n) is 18.0. The number of amides is 1. The van der Waals surface area contributed by atoms with Crippen molar-refractivity contribution in [3.05, 3.63) is 18.2 Å². The van der Waals surface area contributed by atoms with Gasteiger partial charge in [-0.1, -0.05) is 11.3 Å². The summed E-state index contributed by atoms with van der Waals surface area (Å²) in [7, 11) is 0. The molecule has 1 fully saturated rings. The molecule has 4 atom stereocenters. The van der Waals surface area contributed by atoms with E-state index in [1.807, 2.05) is 0 Å². The van der Waals surface area contributed by atoms with Gasteiger partial charge in [-0.2, -0.15) is 13.2 Å². The number of carbonyl (C=O) groups is 4. The second-order valence-electron chi connectivity index (χ2n) is 7.18. The van der Waals surface area contributed by atoms with Crippen molar-refractivity contribution in [2.75, 3.05) is 11.9 Å². The number of aromatic nitrogens is 3. The fourth-order valence-electron chi connectivity index (χ4n) is 3.38. The highest BCUT2D eigenvalue weighted by Crippen LogP contribution is 2.33. The molecule has 1 N–H and O–H groups in total. The monoisotopic (exact) mass is 488 g/mol. The summed E-state index contributed by atoms with van der Waals surface area (Å²) in [5.74, 6) is -4.47. The van der Waals surface area contributed by atoms with E-state index in [9.17, 15) is 32.3 Å². The number of rotatable bonds is 5. The molecular weight excluding hydrogens is 469 g/mol. The Hall–Kier alpha value is -3.75. The van der Waals surface area contributed by atoms with Gasteiger partial charge in [0.15, 0.2) is 24.5 Å². The van der Waals surface area contributed by atoms with Crippen molar-refractivity contribution >= 4 is 40.5 Å². The second kappa shape index (κ2) is 9.62. The molecule has 0 radical (unpaired) electrons. The zero-order valence-corrected chi connectivity index (χ0v) is 18.0. The molecule has 12 nitrogen and oxygen atoms in total. The van der Waals surface area contributed by atoms with Crippen molar-refractivity contribution in [2.24, 2.45) is 0 Å². The van der Waals surface area contributed by atoms with E-state index >= 15 is 0 Å². The van der Waals surface area contributed by atoms with Crippen molar-refractivity contribution in [3.63, 3.8) is 0 Å². The predicted octanol–water partition coefficient (Wildman–Crippen LogP) is 1.26. The van der Waals surface area contributed by atoms with Gasteiger partial charge in [-0.25, -0.2) is 4.68 Å². The lowest BCUT2D eigenvalue weighted by molar-refractivity contribution is -0.241. The molecule has 184 valence electrons. The van der Waals surface area contributed by atoms with Crippen molar-refractivity contribution in [1.82, 2.24) is 15.0 Å². The average molecular weight is 488 g/mol. The molecule has 1 amide bonds. The Morgan fingerprint density at radius 2 is 1.65 bits per heavy atom. The Kier molecular flexibility index (Phi) is 7.04. The first-order valence-electron chi connectivity index (χ1n) is 9.73. The maximum atomic E-state index is 12.7. The Morgan fingerprint density at radius 1 is 1.03 bits per heavy atom. The van der Waals surface area contributed by atoms with Gasteiger partial charge in [0.1, 0.15) is 5.52 Å². The van der Waals surface area contributed by atoms with Crippen LogP contribution in [0, 0.1) is 0 Å². The SMILES string of the molecule is CC(=O)O[C@H]1[C@H](OC(C)=O)COC(n2nnc3c(NC(=O)C(F)(F)F)cccc32)[C@@H]1OC(C)=O. The van der Waals surface area contributed by atoms with Gasteiger partial charge in [-0.05, 0) is 12.1 Å². The largest absolute Gasteiger partial charge is 0.471 e. The molecule has 0 spiro atoms. The first-order chi connectivity index (χ1) is 15.9. The van der Waals surface area contributed by atoms with E-state index < -0.39 is 54.5 Å². The van der Waals surface area contributed by atoms with E-state index in [-0.39, 0.29) is 23.3 Å². The van der Waals surface area contributed by atoms with Crippen molar-refractivity contribution in [2.45, 2.75) is 51.5 Å². The van der Waals surface area contributed by atoms with Crippen LogP contribution in [0.3, 0.4) is 0 Å². The quantitative estimate of drug-likeness (QED) is 0.482. The number of hydrogen-bond acceptors (Lipinski definition) is 10. The number of hydrogen-bond donors (Lipinski definition) is 1. The highest BCUT2D eigenvalue weighted by atomic mass is 19.4. The molecule has 3 rings (SSSR count). The highest BCUT2D eigenvalue weighted by molar-refractivity contribution is 6.01. The van der Waals surface area contributed by atoms with Crippen molar-refractivity contribution < 1.29 is 51.3 Å². The Bertz CT molecular complexity index is 1120. The summed E-state index contributed by atoms with van der Waals surface area (Å²) in [4.78, 5) is 46.3. The van der Waals surface area contributed by atoms with Gasteiger partial charge in [0.2, 0.25) is 0 Å². The molecule has 2 heterocycles. The number of nitrogens with one attached hydrogen (secondary N) is 1. The normalized spacial score (nSPS) is 22.6. The number of halogens is 3. The third kappa shape index (κ3) is 5.41. The van der Waals surface area contributed by atoms with Crippen LogP contribution in [0.15, 0.2) is 18.2 Å². The number of esters is 3. The molecule has 15 heteroatoms. The fourth-order valence-corrected chi connectivity index (χ4v) is 3.38. The number of anilines is 1. The van der Waals surface area contributed by atoms with Crippen LogP contribution in [-0.4, -0.2) is 69.9 Å². The van der Waals surface area contributed by atoms with E-state index in [0.717, 1.165) is 25.5 Å². The third-order valence-electron chi connectivity index (χ3n) is 4.57. The minimum absolute atomic E-state index is 0.106. The average Bonchev–Trinajstić information content (AvgIpc) is 3.13. The number of carbonyl (C=O) groups excluding carboxylic acids is 4. The molecule has 1 aliphatic heterocycles. The highest BCUT2D eigenvalue weighted by Gasteiger charge is 2.48. The molecule has 34 heavy (non-hydrogen) atoms. The standard InChI is InChI=1S/C19H19F3N4O8/c1-8(27)32-13-7-31-17(16(34-10(3)29)15(13)33-9(2)28)26-12-6-4-5-11(14(12)24-25-26)23-18(30)19(20,21)22/h4-6,13,15-17H,7H2,1-3H3,(H,23,30)/t13-,15+,16-,17?/m1/s1. The van der Waals surface area contributed by atoms with Gasteiger partial charge in [-0.15, -0.1) is 5.10 Å². The summed E-state index contributed by atoms with van der Waals surface area (Å²) in [6.07, 6.45) is -10.2.